The molecular formula is C17H18N2O3. The van der Waals surface area contributed by atoms with Crippen molar-refractivity contribution >= 4 is 5.97 Å². The molecule has 5 nitrogen and oxygen atoms in total. The van der Waals surface area contributed by atoms with Gasteiger partial charge in [0.05, 0.1) is 26.2 Å². The van der Waals surface area contributed by atoms with E-state index in [-0.39, 0.29) is 11.9 Å². The van der Waals surface area contributed by atoms with Gasteiger partial charge in [0.15, 0.2) is 0 Å². The maximum absolute atomic E-state index is 12.7. The number of pyridine rings is 1. The fourth-order valence-corrected chi connectivity index (χ4v) is 3.95. The fraction of sp³-hybridized carbons (Fsp3) is 0.471. The van der Waals surface area contributed by atoms with Gasteiger partial charge in [-0.1, -0.05) is 17.7 Å². The maximum atomic E-state index is 12.7. The van der Waals surface area contributed by atoms with Gasteiger partial charge in [-0.3, -0.25) is 4.79 Å². The van der Waals surface area contributed by atoms with Crippen molar-refractivity contribution in [2.45, 2.75) is 25.2 Å². The summed E-state index contributed by atoms with van der Waals surface area (Å²) in [6.07, 6.45) is 3.23. The van der Waals surface area contributed by atoms with Crippen molar-refractivity contribution in [3.05, 3.63) is 35.0 Å². The Morgan fingerprint density at radius 2 is 2.23 bits per heavy atom. The van der Waals surface area contributed by atoms with Crippen LogP contribution in [0.5, 0.6) is 5.88 Å². The molecule has 0 aromatic carbocycles. The third kappa shape index (κ3) is 1.83. The first-order chi connectivity index (χ1) is 10.6. The number of methoxy groups -OCH3 is 2. The third-order valence-corrected chi connectivity index (χ3v) is 4.77. The number of nitrogens with zero attached hydrogens (tertiary/aromatic N) is 2. The Morgan fingerprint density at radius 3 is 2.86 bits per heavy atom. The van der Waals surface area contributed by atoms with Crippen molar-refractivity contribution in [2.24, 2.45) is 11.8 Å². The second-order valence-electron chi connectivity index (χ2n) is 5.98. The monoisotopic (exact) mass is 298 g/mol. The van der Waals surface area contributed by atoms with Crippen LogP contribution >= 0.6 is 0 Å². The van der Waals surface area contributed by atoms with E-state index < -0.39 is 11.3 Å². The number of aromatic nitrogens is 1. The topological polar surface area (TPSA) is 72.2 Å². The molecule has 3 rings (SSSR count). The van der Waals surface area contributed by atoms with E-state index in [2.05, 4.69) is 17.1 Å². The van der Waals surface area contributed by atoms with Crippen molar-refractivity contribution in [2.75, 3.05) is 14.2 Å². The number of nitriles is 1. The van der Waals surface area contributed by atoms with Crippen LogP contribution in [0.2, 0.25) is 0 Å². The average Bonchev–Trinajstić information content (AvgIpc) is 2.52. The van der Waals surface area contributed by atoms with Crippen LogP contribution in [-0.4, -0.2) is 25.2 Å². The molecule has 0 saturated carbocycles. The number of hydrogen-bond donors (Lipinski definition) is 0. The van der Waals surface area contributed by atoms with Gasteiger partial charge in [-0.05, 0) is 31.2 Å². The van der Waals surface area contributed by atoms with Crippen LogP contribution in [0.25, 0.3) is 0 Å². The van der Waals surface area contributed by atoms with Gasteiger partial charge >= 0.3 is 5.97 Å². The molecule has 22 heavy (non-hydrogen) atoms. The van der Waals surface area contributed by atoms with Crippen molar-refractivity contribution < 1.29 is 14.3 Å². The highest BCUT2D eigenvalue weighted by Gasteiger charge is 2.57. The van der Waals surface area contributed by atoms with Gasteiger partial charge in [0.25, 0.3) is 0 Å². The van der Waals surface area contributed by atoms with Crippen LogP contribution < -0.4 is 4.74 Å². The first-order valence-corrected chi connectivity index (χ1v) is 7.26. The quantitative estimate of drug-likeness (QED) is 0.618. The zero-order chi connectivity index (χ0) is 15.9. The maximum Gasteiger partial charge on any atom is 0.318 e. The number of ether oxygens (including phenoxy) is 2. The number of allylic oxidation sites excluding steroid dienone is 2. The van der Waals surface area contributed by atoms with Gasteiger partial charge < -0.3 is 9.47 Å². The van der Waals surface area contributed by atoms with Gasteiger partial charge in [0.2, 0.25) is 5.88 Å². The number of carbonyl (C=O) groups is 1. The predicted molar refractivity (Wildman–Crippen MR) is 79.2 cm³/mol. The van der Waals surface area contributed by atoms with Gasteiger partial charge in [0, 0.05) is 11.8 Å². The highest BCUT2D eigenvalue weighted by molar-refractivity contribution is 5.86. The summed E-state index contributed by atoms with van der Waals surface area (Å²) in [6.45, 7) is 2.00. The number of fused-ring (bicyclic) bond motifs is 4. The second-order valence-corrected chi connectivity index (χ2v) is 5.98. The van der Waals surface area contributed by atoms with Crippen molar-refractivity contribution in [3.8, 4) is 11.9 Å². The SMILES string of the molecule is COC(=O)[C@]12CC(C)=C[C@H](Cc3nc(OC)ccc31)[C@H]2C#N. The van der Waals surface area contributed by atoms with Gasteiger partial charge in [0.1, 0.15) is 5.41 Å². The van der Waals surface area contributed by atoms with Crippen LogP contribution in [0.3, 0.4) is 0 Å². The lowest BCUT2D eigenvalue weighted by atomic mass is 9.55. The Hall–Kier alpha value is -2.35. The molecule has 2 aliphatic rings. The molecule has 114 valence electrons. The lowest BCUT2D eigenvalue weighted by molar-refractivity contribution is -0.150. The molecule has 2 aliphatic carbocycles. The van der Waals surface area contributed by atoms with Gasteiger partial charge in [-0.25, -0.2) is 4.98 Å². The summed E-state index contributed by atoms with van der Waals surface area (Å²) in [7, 11) is 2.94. The number of hydrogen-bond acceptors (Lipinski definition) is 5. The van der Waals surface area contributed by atoms with Crippen molar-refractivity contribution in [3.63, 3.8) is 0 Å². The average molecular weight is 298 g/mol. The van der Waals surface area contributed by atoms with E-state index in [1.807, 2.05) is 13.0 Å². The van der Waals surface area contributed by atoms with Gasteiger partial charge in [-0.15, -0.1) is 0 Å². The summed E-state index contributed by atoms with van der Waals surface area (Å²) in [5.41, 5.74) is 1.78. The number of esters is 1. The molecule has 0 saturated heterocycles. The summed E-state index contributed by atoms with van der Waals surface area (Å²) in [5.74, 6) is -0.284. The third-order valence-electron chi connectivity index (χ3n) is 4.77. The first-order valence-electron chi connectivity index (χ1n) is 7.26. The highest BCUT2D eigenvalue weighted by Crippen LogP contribution is 2.52. The minimum Gasteiger partial charge on any atom is -0.481 e. The normalized spacial score (nSPS) is 28.9. The number of carbonyl (C=O) groups excluding carboxylic acids is 1. The van der Waals surface area contributed by atoms with Crippen LogP contribution in [0.1, 0.15) is 24.6 Å². The predicted octanol–water partition coefficient (Wildman–Crippen LogP) is 2.16. The molecule has 0 fully saturated rings. The Morgan fingerprint density at radius 1 is 1.45 bits per heavy atom. The smallest absolute Gasteiger partial charge is 0.318 e. The molecule has 1 aromatic rings. The minimum absolute atomic E-state index is 0.0232. The molecule has 0 radical (unpaired) electrons. The molecule has 5 heteroatoms. The van der Waals surface area contributed by atoms with E-state index in [1.54, 1.807) is 13.2 Å². The first kappa shape index (κ1) is 14.6. The Bertz CT molecular complexity index is 704. The summed E-state index contributed by atoms with van der Waals surface area (Å²) in [5, 5.41) is 9.69. The van der Waals surface area contributed by atoms with Crippen LogP contribution in [0, 0.1) is 23.2 Å². The van der Waals surface area contributed by atoms with E-state index in [4.69, 9.17) is 9.47 Å². The largest absolute Gasteiger partial charge is 0.481 e. The Labute approximate surface area is 129 Å². The fourth-order valence-electron chi connectivity index (χ4n) is 3.95. The summed E-state index contributed by atoms with van der Waals surface area (Å²) in [6, 6.07) is 5.95. The molecule has 0 spiro atoms. The van der Waals surface area contributed by atoms with E-state index in [0.29, 0.717) is 18.7 Å². The summed E-state index contributed by atoms with van der Waals surface area (Å²) in [4.78, 5) is 17.2. The Balaban J connectivity index is 2.27. The summed E-state index contributed by atoms with van der Waals surface area (Å²) >= 11 is 0. The summed E-state index contributed by atoms with van der Waals surface area (Å²) < 4.78 is 10.3. The molecule has 1 aromatic heterocycles. The zero-order valence-electron chi connectivity index (χ0n) is 12.9. The van der Waals surface area contributed by atoms with E-state index in [9.17, 15) is 10.1 Å². The molecular weight excluding hydrogens is 280 g/mol. The second kappa shape index (κ2) is 5.13. The molecule has 2 bridgehead atoms. The van der Waals surface area contributed by atoms with E-state index in [0.717, 1.165) is 16.8 Å². The molecule has 0 N–H and O–H groups in total. The standard InChI is InChI=1S/C17H18N2O3/c1-10-6-11-7-14-12(4-5-15(19-14)21-2)17(8-10,13(11)9-18)16(20)22-3/h4-6,11,13H,7-8H2,1-3H3/t11-,13-,17-/m1/s1. The lowest BCUT2D eigenvalue weighted by Gasteiger charge is -2.46. The minimum atomic E-state index is -0.958. The number of rotatable bonds is 2. The van der Waals surface area contributed by atoms with E-state index >= 15 is 0 Å². The Kier molecular flexibility index (Phi) is 3.40. The van der Waals surface area contributed by atoms with Crippen LogP contribution in [0.15, 0.2) is 23.8 Å². The molecule has 0 unspecified atom stereocenters. The molecule has 0 amide bonds. The molecule has 1 heterocycles. The molecule has 3 atom stereocenters. The van der Waals surface area contributed by atoms with Crippen molar-refractivity contribution in [1.82, 2.24) is 4.98 Å². The van der Waals surface area contributed by atoms with Crippen LogP contribution in [0.4, 0.5) is 0 Å². The van der Waals surface area contributed by atoms with Gasteiger partial charge in [-0.2, -0.15) is 5.26 Å². The lowest BCUT2D eigenvalue weighted by Crippen LogP contribution is -2.52. The zero-order valence-corrected chi connectivity index (χ0v) is 12.9. The molecule has 0 aliphatic heterocycles. The van der Waals surface area contributed by atoms with Crippen LogP contribution in [-0.2, 0) is 21.4 Å². The van der Waals surface area contributed by atoms with Crippen molar-refractivity contribution in [1.29, 1.82) is 5.26 Å². The highest BCUT2D eigenvalue weighted by atomic mass is 16.5. The van der Waals surface area contributed by atoms with E-state index in [1.165, 1.54) is 7.11 Å².